The molecule has 2 unspecified atom stereocenters. The maximum absolute atomic E-state index is 12.9. The molecular weight excluding hydrogens is 183 g/mol. The number of nitrogens with one attached hydrogen (secondary N) is 1. The van der Waals surface area contributed by atoms with E-state index in [4.69, 9.17) is 0 Å². The molecule has 1 amide bonds. The zero-order valence-corrected chi connectivity index (χ0v) is 8.34. The van der Waals surface area contributed by atoms with E-state index in [-0.39, 0.29) is 11.9 Å². The van der Waals surface area contributed by atoms with Crippen molar-refractivity contribution in [3.05, 3.63) is 0 Å². The number of piperidine rings is 1. The molecule has 2 fully saturated rings. The average Bonchev–Trinajstić information content (AvgIpc) is 2.65. The van der Waals surface area contributed by atoms with Gasteiger partial charge >= 0.3 is 0 Å². The smallest absolute Gasteiger partial charge is 0.239 e. The van der Waals surface area contributed by atoms with Crippen LogP contribution in [-0.4, -0.2) is 42.7 Å². The predicted octanol–water partition coefficient (Wildman–Crippen LogP) is 0.699. The van der Waals surface area contributed by atoms with Crippen LogP contribution in [0.2, 0.25) is 0 Å². The van der Waals surface area contributed by atoms with Crippen molar-refractivity contribution in [3.8, 4) is 0 Å². The van der Waals surface area contributed by atoms with E-state index < -0.39 is 6.17 Å². The van der Waals surface area contributed by atoms with Gasteiger partial charge < -0.3 is 10.2 Å². The summed E-state index contributed by atoms with van der Waals surface area (Å²) in [4.78, 5) is 13.5. The Balaban J connectivity index is 1.87. The summed E-state index contributed by atoms with van der Waals surface area (Å²) in [5.41, 5.74) is 0. The highest BCUT2D eigenvalue weighted by atomic mass is 19.1. The Hall–Kier alpha value is -0.640. The van der Waals surface area contributed by atoms with Crippen molar-refractivity contribution in [2.75, 3.05) is 19.6 Å². The van der Waals surface area contributed by atoms with Gasteiger partial charge in [-0.1, -0.05) is 6.42 Å². The third kappa shape index (κ3) is 2.05. The number of alkyl halides is 1. The molecule has 0 aromatic rings. The van der Waals surface area contributed by atoms with Gasteiger partial charge in [0.1, 0.15) is 6.17 Å². The molecule has 0 aliphatic carbocycles. The van der Waals surface area contributed by atoms with E-state index in [0.29, 0.717) is 19.5 Å². The summed E-state index contributed by atoms with van der Waals surface area (Å²) in [6.07, 6.45) is 2.87. The summed E-state index contributed by atoms with van der Waals surface area (Å²) in [6, 6.07) is -0.0472. The molecule has 2 saturated heterocycles. The van der Waals surface area contributed by atoms with Gasteiger partial charge in [0.15, 0.2) is 0 Å². The lowest BCUT2D eigenvalue weighted by Gasteiger charge is -2.26. The number of carbonyl (C=O) groups is 1. The van der Waals surface area contributed by atoms with Crippen molar-refractivity contribution < 1.29 is 9.18 Å². The third-order valence-electron chi connectivity index (χ3n) is 3.05. The largest absolute Gasteiger partial charge is 0.338 e. The second-order valence-electron chi connectivity index (χ2n) is 4.17. The highest BCUT2D eigenvalue weighted by molar-refractivity contribution is 5.82. The summed E-state index contributed by atoms with van der Waals surface area (Å²) in [7, 11) is 0. The Morgan fingerprint density at radius 2 is 2.21 bits per heavy atom. The molecule has 4 heteroatoms. The molecule has 0 bridgehead atoms. The second kappa shape index (κ2) is 4.26. The fourth-order valence-electron chi connectivity index (χ4n) is 2.20. The number of nitrogens with zero attached hydrogens (tertiary/aromatic N) is 1. The Kier molecular flexibility index (Phi) is 3.01. The fraction of sp³-hybridized carbons (Fsp3) is 0.900. The minimum absolute atomic E-state index is 0.0472. The van der Waals surface area contributed by atoms with Crippen molar-refractivity contribution in [1.29, 1.82) is 0 Å². The van der Waals surface area contributed by atoms with Crippen molar-refractivity contribution in [3.63, 3.8) is 0 Å². The van der Waals surface area contributed by atoms with E-state index in [1.165, 1.54) is 0 Å². The summed E-state index contributed by atoms with van der Waals surface area (Å²) in [5, 5.41) is 3.20. The number of carbonyl (C=O) groups excluding carboxylic acids is 1. The van der Waals surface area contributed by atoms with Gasteiger partial charge in [0.05, 0.1) is 12.6 Å². The molecule has 3 nitrogen and oxygen atoms in total. The topological polar surface area (TPSA) is 32.3 Å². The van der Waals surface area contributed by atoms with Gasteiger partial charge in [-0.2, -0.15) is 0 Å². The normalized spacial score (nSPS) is 33.4. The highest BCUT2D eigenvalue weighted by Gasteiger charge is 2.31. The average molecular weight is 200 g/mol. The molecule has 14 heavy (non-hydrogen) atoms. The summed E-state index contributed by atoms with van der Waals surface area (Å²) in [5.74, 6) is 0.102. The molecule has 80 valence electrons. The number of amides is 1. The SMILES string of the molecule is O=C(C1CCCCN1)N1CCC(F)C1. The van der Waals surface area contributed by atoms with Gasteiger partial charge in [0, 0.05) is 6.54 Å². The van der Waals surface area contributed by atoms with Crippen LogP contribution < -0.4 is 5.32 Å². The van der Waals surface area contributed by atoms with Crippen molar-refractivity contribution in [2.45, 2.75) is 37.9 Å². The lowest BCUT2D eigenvalue weighted by atomic mass is 10.0. The van der Waals surface area contributed by atoms with Crippen molar-refractivity contribution in [1.82, 2.24) is 10.2 Å². The maximum Gasteiger partial charge on any atom is 0.239 e. The van der Waals surface area contributed by atoms with Crippen LogP contribution >= 0.6 is 0 Å². The molecule has 2 heterocycles. The van der Waals surface area contributed by atoms with Crippen LogP contribution in [0.3, 0.4) is 0 Å². The van der Waals surface area contributed by atoms with E-state index in [2.05, 4.69) is 5.32 Å². The lowest BCUT2D eigenvalue weighted by Crippen LogP contribution is -2.47. The number of rotatable bonds is 1. The molecule has 0 aromatic carbocycles. The van der Waals surface area contributed by atoms with Gasteiger partial charge in [-0.05, 0) is 25.8 Å². The number of likely N-dealkylation sites (tertiary alicyclic amines) is 1. The van der Waals surface area contributed by atoms with Gasteiger partial charge in [-0.3, -0.25) is 4.79 Å². The summed E-state index contributed by atoms with van der Waals surface area (Å²) >= 11 is 0. The Morgan fingerprint density at radius 3 is 2.79 bits per heavy atom. The standard InChI is InChI=1S/C10H17FN2O/c11-8-4-6-13(7-8)10(14)9-3-1-2-5-12-9/h8-9,12H,1-7H2. The van der Waals surface area contributed by atoms with E-state index >= 15 is 0 Å². The molecule has 2 aliphatic heterocycles. The molecule has 2 atom stereocenters. The first-order valence-corrected chi connectivity index (χ1v) is 5.43. The summed E-state index contributed by atoms with van der Waals surface area (Å²) in [6.45, 7) is 1.82. The Labute approximate surface area is 83.6 Å². The van der Waals surface area contributed by atoms with Crippen LogP contribution in [0, 0.1) is 0 Å². The molecule has 2 aliphatic rings. The first-order valence-electron chi connectivity index (χ1n) is 5.43. The summed E-state index contributed by atoms with van der Waals surface area (Å²) < 4.78 is 12.9. The van der Waals surface area contributed by atoms with E-state index in [1.807, 2.05) is 0 Å². The zero-order valence-electron chi connectivity index (χ0n) is 8.34. The van der Waals surface area contributed by atoms with Gasteiger partial charge in [0.25, 0.3) is 0 Å². The van der Waals surface area contributed by atoms with E-state index in [9.17, 15) is 9.18 Å². The molecule has 0 aromatic heterocycles. The molecule has 0 saturated carbocycles. The highest BCUT2D eigenvalue weighted by Crippen LogP contribution is 2.16. The van der Waals surface area contributed by atoms with Crippen LogP contribution in [0.5, 0.6) is 0 Å². The number of hydrogen-bond donors (Lipinski definition) is 1. The second-order valence-corrected chi connectivity index (χ2v) is 4.17. The zero-order chi connectivity index (χ0) is 9.97. The Bertz CT molecular complexity index is 209. The quantitative estimate of drug-likeness (QED) is 0.675. The molecule has 0 radical (unpaired) electrons. The lowest BCUT2D eigenvalue weighted by molar-refractivity contribution is -0.133. The first kappa shape index (κ1) is 9.90. The molecule has 0 spiro atoms. The first-order chi connectivity index (χ1) is 6.77. The maximum atomic E-state index is 12.9. The third-order valence-corrected chi connectivity index (χ3v) is 3.05. The predicted molar refractivity (Wildman–Crippen MR) is 51.7 cm³/mol. The van der Waals surface area contributed by atoms with Crippen LogP contribution in [-0.2, 0) is 4.79 Å². The Morgan fingerprint density at radius 1 is 1.36 bits per heavy atom. The van der Waals surface area contributed by atoms with Crippen molar-refractivity contribution in [2.24, 2.45) is 0 Å². The molecule has 2 rings (SSSR count). The van der Waals surface area contributed by atoms with E-state index in [1.54, 1.807) is 4.90 Å². The number of hydrogen-bond acceptors (Lipinski definition) is 2. The fourth-order valence-corrected chi connectivity index (χ4v) is 2.20. The minimum atomic E-state index is -0.803. The van der Waals surface area contributed by atoms with Crippen LogP contribution in [0.1, 0.15) is 25.7 Å². The van der Waals surface area contributed by atoms with Crippen LogP contribution in [0.15, 0.2) is 0 Å². The van der Waals surface area contributed by atoms with E-state index in [0.717, 1.165) is 25.8 Å². The van der Waals surface area contributed by atoms with Gasteiger partial charge in [-0.25, -0.2) is 4.39 Å². The monoisotopic (exact) mass is 200 g/mol. The molecular formula is C10H17FN2O. The molecule has 1 N–H and O–H groups in total. The van der Waals surface area contributed by atoms with Gasteiger partial charge in [-0.15, -0.1) is 0 Å². The van der Waals surface area contributed by atoms with Gasteiger partial charge in [0.2, 0.25) is 5.91 Å². The van der Waals surface area contributed by atoms with Crippen molar-refractivity contribution >= 4 is 5.91 Å². The number of halogens is 1. The van der Waals surface area contributed by atoms with Crippen LogP contribution in [0.4, 0.5) is 4.39 Å². The van der Waals surface area contributed by atoms with Crippen LogP contribution in [0.25, 0.3) is 0 Å². The minimum Gasteiger partial charge on any atom is -0.338 e.